The van der Waals surface area contributed by atoms with E-state index in [9.17, 15) is 9.59 Å². The van der Waals surface area contributed by atoms with Crippen LogP contribution in [-0.4, -0.2) is 58.0 Å². The van der Waals surface area contributed by atoms with Crippen LogP contribution in [0, 0.1) is 0 Å². The number of fused-ring (bicyclic) bond motifs is 1. The maximum absolute atomic E-state index is 14.1. The summed E-state index contributed by atoms with van der Waals surface area (Å²) in [5.74, 6) is -0.156. The van der Waals surface area contributed by atoms with E-state index in [4.69, 9.17) is 9.47 Å². The van der Waals surface area contributed by atoms with Crippen molar-refractivity contribution in [1.82, 2.24) is 20.4 Å². The van der Waals surface area contributed by atoms with Crippen LogP contribution in [0.4, 0.5) is 0 Å². The third kappa shape index (κ3) is 5.13. The second-order valence-corrected chi connectivity index (χ2v) is 11.8. The topological polar surface area (TPSA) is 93.6 Å². The van der Waals surface area contributed by atoms with Gasteiger partial charge in [0.2, 0.25) is 5.91 Å². The lowest BCUT2D eigenvalue weighted by Crippen LogP contribution is -2.75. The normalized spacial score (nSPS) is 18.1. The molecule has 1 amide bonds. The molecule has 3 aromatic carbocycles. The summed E-state index contributed by atoms with van der Waals surface area (Å²) in [7, 11) is 0. The van der Waals surface area contributed by atoms with E-state index in [0.29, 0.717) is 11.5 Å². The molecule has 6 rings (SSSR count). The number of thioether (sulfide) groups is 1. The number of esters is 1. The number of amides is 1. The van der Waals surface area contributed by atoms with E-state index in [0.717, 1.165) is 21.0 Å². The fourth-order valence-electron chi connectivity index (χ4n) is 5.46. The lowest BCUT2D eigenvalue weighted by atomic mass is 9.75. The summed E-state index contributed by atoms with van der Waals surface area (Å²) in [6.45, 7) is 3.88. The van der Waals surface area contributed by atoms with Gasteiger partial charge < -0.3 is 9.47 Å². The summed E-state index contributed by atoms with van der Waals surface area (Å²) in [5.41, 5.74) is 3.87. The van der Waals surface area contributed by atoms with Gasteiger partial charge in [-0.1, -0.05) is 127 Å². The van der Waals surface area contributed by atoms with E-state index in [1.165, 1.54) is 34.1 Å². The lowest BCUT2D eigenvalue weighted by Gasteiger charge is -2.53. The van der Waals surface area contributed by atoms with Crippen molar-refractivity contribution in [3.8, 4) is 0 Å². The predicted octanol–water partition coefficient (Wildman–Crippen LogP) is 4.76. The van der Waals surface area contributed by atoms with Crippen LogP contribution in [0.5, 0.6) is 0 Å². The summed E-state index contributed by atoms with van der Waals surface area (Å²) < 4.78 is 12.3. The molecule has 2 atom stereocenters. The number of hydrogen-bond donors (Lipinski definition) is 1. The molecule has 1 aromatic heterocycles. The molecule has 1 N–H and O–H groups in total. The number of β-lactam (4-membered cyclic amide) rings is 1. The SMILES string of the molecule is C=CCOC(=O)C1=C(CSc2nncs2)OC[C@@H]2[C@H](NC(c3ccccc3)(c3ccccc3)c3ccccc3)C(=O)N12. The van der Waals surface area contributed by atoms with Gasteiger partial charge in [0.25, 0.3) is 0 Å². The summed E-state index contributed by atoms with van der Waals surface area (Å²) >= 11 is 2.78. The Morgan fingerprint density at radius 2 is 1.64 bits per heavy atom. The van der Waals surface area contributed by atoms with Crippen molar-refractivity contribution in [2.45, 2.75) is 22.0 Å². The van der Waals surface area contributed by atoms with Crippen molar-refractivity contribution in [3.63, 3.8) is 0 Å². The van der Waals surface area contributed by atoms with Crippen LogP contribution in [0.3, 0.4) is 0 Å². The molecular weight excluding hydrogens is 569 g/mol. The molecule has 1 saturated heterocycles. The fourth-order valence-corrected chi connectivity index (χ4v) is 6.90. The van der Waals surface area contributed by atoms with Crippen molar-refractivity contribution < 1.29 is 19.1 Å². The molecule has 0 saturated carbocycles. The van der Waals surface area contributed by atoms with Crippen LogP contribution in [0.1, 0.15) is 16.7 Å². The van der Waals surface area contributed by atoms with Gasteiger partial charge in [-0.05, 0) is 16.7 Å². The zero-order chi connectivity index (χ0) is 28.9. The van der Waals surface area contributed by atoms with Gasteiger partial charge in [-0.15, -0.1) is 10.2 Å². The van der Waals surface area contributed by atoms with Crippen molar-refractivity contribution in [3.05, 3.63) is 137 Å². The van der Waals surface area contributed by atoms with Crippen LogP contribution in [0.2, 0.25) is 0 Å². The second kappa shape index (κ2) is 12.3. The predicted molar refractivity (Wildman–Crippen MR) is 162 cm³/mol. The highest BCUT2D eigenvalue weighted by molar-refractivity contribution is 8.01. The minimum atomic E-state index is -0.850. The quantitative estimate of drug-likeness (QED) is 0.0871. The molecule has 3 heterocycles. The number of carbonyl (C=O) groups is 2. The number of rotatable bonds is 11. The Morgan fingerprint density at radius 1 is 1.05 bits per heavy atom. The number of nitrogens with one attached hydrogen (secondary N) is 1. The number of hydrogen-bond acceptors (Lipinski definition) is 9. The summed E-state index contributed by atoms with van der Waals surface area (Å²) in [4.78, 5) is 28.8. The second-order valence-electron chi connectivity index (χ2n) is 9.71. The third-order valence-corrected chi connectivity index (χ3v) is 9.20. The molecule has 10 heteroatoms. The van der Waals surface area contributed by atoms with E-state index >= 15 is 0 Å². The Morgan fingerprint density at radius 3 is 2.17 bits per heavy atom. The number of benzene rings is 3. The van der Waals surface area contributed by atoms with Gasteiger partial charge in [-0.2, -0.15) is 0 Å². The van der Waals surface area contributed by atoms with Crippen molar-refractivity contribution in [2.75, 3.05) is 19.0 Å². The van der Waals surface area contributed by atoms with Crippen molar-refractivity contribution >= 4 is 35.0 Å². The standard InChI is InChI=1S/C32H28N4O4S2/c1-2-18-39-30(38)28-26(20-41-31-35-33-21-42-31)40-19-25-27(29(37)36(25)28)34-32(22-12-6-3-7-13-22,23-14-8-4-9-15-23)24-16-10-5-11-17-24/h2-17,21,25,27,34H,1,18-20H2/t25-,27+/m1/s1. The maximum Gasteiger partial charge on any atom is 0.358 e. The molecule has 8 nitrogen and oxygen atoms in total. The Balaban J connectivity index is 1.38. The van der Waals surface area contributed by atoms with Gasteiger partial charge >= 0.3 is 5.97 Å². The molecule has 1 fully saturated rings. The Bertz CT molecular complexity index is 1480. The van der Waals surface area contributed by atoms with Crippen molar-refractivity contribution in [2.24, 2.45) is 0 Å². The van der Waals surface area contributed by atoms with Gasteiger partial charge in [0.1, 0.15) is 30.5 Å². The Labute approximate surface area is 252 Å². The summed E-state index contributed by atoms with van der Waals surface area (Å²) in [6, 6.07) is 29.2. The first kappa shape index (κ1) is 27.9. The van der Waals surface area contributed by atoms with E-state index in [1.54, 1.807) is 5.51 Å². The maximum atomic E-state index is 14.1. The molecule has 212 valence electrons. The van der Waals surface area contributed by atoms with Gasteiger partial charge in [-0.3, -0.25) is 15.0 Å². The zero-order valence-corrected chi connectivity index (χ0v) is 24.2. The lowest BCUT2D eigenvalue weighted by molar-refractivity contribution is -0.161. The first-order valence-corrected chi connectivity index (χ1v) is 15.3. The van der Waals surface area contributed by atoms with Crippen molar-refractivity contribution in [1.29, 1.82) is 0 Å². The molecule has 0 bridgehead atoms. The minimum absolute atomic E-state index is 0.0205. The smallest absolute Gasteiger partial charge is 0.358 e. The van der Waals surface area contributed by atoms with Crippen LogP contribution < -0.4 is 5.32 Å². The highest BCUT2D eigenvalue weighted by atomic mass is 32.2. The molecule has 2 aliphatic rings. The van der Waals surface area contributed by atoms with E-state index in [-0.39, 0.29) is 24.8 Å². The zero-order valence-electron chi connectivity index (χ0n) is 22.6. The summed E-state index contributed by atoms with van der Waals surface area (Å²) in [6.07, 6.45) is 1.49. The van der Waals surface area contributed by atoms with Crippen LogP contribution in [-0.2, 0) is 24.6 Å². The molecule has 2 aliphatic heterocycles. The molecule has 4 aromatic rings. The first-order valence-electron chi connectivity index (χ1n) is 13.4. The average Bonchev–Trinajstić information content (AvgIpc) is 3.58. The number of nitrogens with zero attached hydrogens (tertiary/aromatic N) is 3. The van der Waals surface area contributed by atoms with Gasteiger partial charge in [0, 0.05) is 0 Å². The van der Waals surface area contributed by atoms with Crippen LogP contribution in [0.15, 0.2) is 125 Å². The highest BCUT2D eigenvalue weighted by Crippen LogP contribution is 2.42. The first-order chi connectivity index (χ1) is 20.6. The third-order valence-electron chi connectivity index (χ3n) is 7.34. The number of aromatic nitrogens is 2. The van der Waals surface area contributed by atoms with E-state index in [1.807, 2.05) is 54.6 Å². The molecular formula is C32H28N4O4S2. The molecule has 0 spiro atoms. The van der Waals surface area contributed by atoms with Gasteiger partial charge in [0.05, 0.1) is 17.3 Å². The largest absolute Gasteiger partial charge is 0.492 e. The molecule has 0 radical (unpaired) electrons. The molecule has 42 heavy (non-hydrogen) atoms. The summed E-state index contributed by atoms with van der Waals surface area (Å²) in [5, 5.41) is 11.7. The van der Waals surface area contributed by atoms with Crippen LogP contribution in [0.25, 0.3) is 0 Å². The molecule has 0 unspecified atom stereocenters. The van der Waals surface area contributed by atoms with Crippen LogP contribution >= 0.6 is 23.1 Å². The fraction of sp³-hybridized carbons (Fsp3) is 0.188. The van der Waals surface area contributed by atoms with Gasteiger partial charge in [0.15, 0.2) is 10.0 Å². The van der Waals surface area contributed by atoms with E-state index < -0.39 is 23.6 Å². The highest BCUT2D eigenvalue weighted by Gasteiger charge is 2.57. The number of ether oxygens (including phenoxy) is 2. The van der Waals surface area contributed by atoms with Gasteiger partial charge in [-0.25, -0.2) is 4.79 Å². The van der Waals surface area contributed by atoms with E-state index in [2.05, 4.69) is 58.5 Å². The number of carbonyl (C=O) groups excluding carboxylic acids is 2. The Kier molecular flexibility index (Phi) is 8.18. The minimum Gasteiger partial charge on any atom is -0.492 e. The average molecular weight is 597 g/mol. The Hall–Kier alpha value is -4.25. The molecule has 0 aliphatic carbocycles. The monoisotopic (exact) mass is 596 g/mol.